The number of carbonyl (C=O) groups excluding carboxylic acids is 2. The number of benzene rings is 1. The first-order valence-electron chi connectivity index (χ1n) is 9.25. The molecule has 2 aromatic rings. The molecule has 3 rings (SSSR count). The van der Waals surface area contributed by atoms with Crippen LogP contribution in [0, 0.1) is 0 Å². The number of amides is 3. The Morgan fingerprint density at radius 2 is 1.75 bits per heavy atom. The van der Waals surface area contributed by atoms with Crippen molar-refractivity contribution in [1.82, 2.24) is 20.0 Å². The summed E-state index contributed by atoms with van der Waals surface area (Å²) in [6.45, 7) is 2.53. The fraction of sp³-hybridized carbons (Fsp3) is 0.400. The second-order valence-electron chi connectivity index (χ2n) is 7.05. The SMILES string of the molecule is CN(C)C(CNC(=O)N1CCN(C(=O)c2ccc(O)cc2)CC1)c1ccsc1. The summed E-state index contributed by atoms with van der Waals surface area (Å²) >= 11 is 1.65. The van der Waals surface area contributed by atoms with Crippen LogP contribution in [0.1, 0.15) is 22.0 Å². The summed E-state index contributed by atoms with van der Waals surface area (Å²) in [5.41, 5.74) is 1.74. The van der Waals surface area contributed by atoms with E-state index in [2.05, 4.69) is 21.7 Å². The van der Waals surface area contributed by atoms with Gasteiger partial charge in [-0.05, 0) is 60.8 Å². The van der Waals surface area contributed by atoms with Crippen molar-refractivity contribution in [3.05, 3.63) is 52.2 Å². The van der Waals surface area contributed by atoms with E-state index in [1.807, 2.05) is 19.5 Å². The average Bonchev–Trinajstić information content (AvgIpc) is 3.22. The highest BCUT2D eigenvalue weighted by Gasteiger charge is 2.25. The average molecular weight is 403 g/mol. The standard InChI is InChI=1S/C20H26N4O3S/c1-22(2)18(16-7-12-28-14-16)13-21-20(27)24-10-8-23(9-11-24)19(26)15-3-5-17(25)6-4-15/h3-7,12,14,18,25H,8-11,13H2,1-2H3,(H,21,27). The first kappa shape index (κ1) is 20.2. The van der Waals surface area contributed by atoms with Gasteiger partial charge in [0.2, 0.25) is 0 Å². The number of aromatic hydroxyl groups is 1. The van der Waals surface area contributed by atoms with Gasteiger partial charge in [-0.2, -0.15) is 11.3 Å². The van der Waals surface area contributed by atoms with Crippen LogP contribution in [0.4, 0.5) is 4.79 Å². The maximum absolute atomic E-state index is 12.5. The lowest BCUT2D eigenvalue weighted by Gasteiger charge is -2.35. The van der Waals surface area contributed by atoms with E-state index in [9.17, 15) is 14.7 Å². The summed E-state index contributed by atoms with van der Waals surface area (Å²) < 4.78 is 0. The molecule has 8 heteroatoms. The lowest BCUT2D eigenvalue weighted by molar-refractivity contribution is 0.0664. The van der Waals surface area contributed by atoms with Crippen LogP contribution in [0.2, 0.25) is 0 Å². The molecule has 28 heavy (non-hydrogen) atoms. The van der Waals surface area contributed by atoms with Crippen LogP contribution in [-0.2, 0) is 0 Å². The third kappa shape index (κ3) is 4.82. The number of urea groups is 1. The zero-order valence-corrected chi connectivity index (χ0v) is 17.0. The quantitative estimate of drug-likeness (QED) is 0.804. The molecule has 0 radical (unpaired) electrons. The van der Waals surface area contributed by atoms with Crippen LogP contribution in [0.3, 0.4) is 0 Å². The predicted molar refractivity (Wildman–Crippen MR) is 110 cm³/mol. The third-order valence-corrected chi connectivity index (χ3v) is 5.67. The van der Waals surface area contributed by atoms with E-state index in [4.69, 9.17) is 0 Å². The topological polar surface area (TPSA) is 76.1 Å². The molecule has 1 fully saturated rings. The van der Waals surface area contributed by atoms with Gasteiger partial charge in [-0.3, -0.25) is 4.79 Å². The molecule has 0 bridgehead atoms. The molecule has 0 aliphatic carbocycles. The highest BCUT2D eigenvalue weighted by atomic mass is 32.1. The number of nitrogens with one attached hydrogen (secondary N) is 1. The van der Waals surface area contributed by atoms with Crippen LogP contribution in [-0.4, -0.2) is 78.6 Å². The molecule has 1 aromatic heterocycles. The number of hydrogen-bond acceptors (Lipinski definition) is 5. The van der Waals surface area contributed by atoms with E-state index in [-0.39, 0.29) is 23.7 Å². The van der Waals surface area contributed by atoms with Crippen molar-refractivity contribution in [2.45, 2.75) is 6.04 Å². The highest BCUT2D eigenvalue weighted by molar-refractivity contribution is 7.07. The summed E-state index contributed by atoms with van der Waals surface area (Å²) in [6.07, 6.45) is 0. The first-order valence-corrected chi connectivity index (χ1v) is 10.2. The number of thiophene rings is 1. The summed E-state index contributed by atoms with van der Waals surface area (Å²) in [5, 5.41) is 16.5. The summed E-state index contributed by atoms with van der Waals surface area (Å²) in [7, 11) is 4.00. The highest BCUT2D eigenvalue weighted by Crippen LogP contribution is 2.20. The Hall–Kier alpha value is -2.58. The van der Waals surface area contributed by atoms with Crippen molar-refractivity contribution in [2.24, 2.45) is 0 Å². The maximum Gasteiger partial charge on any atom is 0.317 e. The fourth-order valence-electron chi connectivity index (χ4n) is 3.26. The molecular weight excluding hydrogens is 376 g/mol. The zero-order valence-electron chi connectivity index (χ0n) is 16.2. The second-order valence-corrected chi connectivity index (χ2v) is 7.83. The Kier molecular flexibility index (Phi) is 6.53. The minimum absolute atomic E-state index is 0.0785. The lowest BCUT2D eigenvalue weighted by atomic mass is 10.1. The van der Waals surface area contributed by atoms with Crippen LogP contribution >= 0.6 is 11.3 Å². The van der Waals surface area contributed by atoms with Gasteiger partial charge in [0.1, 0.15) is 5.75 Å². The summed E-state index contributed by atoms with van der Waals surface area (Å²) in [4.78, 5) is 30.7. The van der Waals surface area contributed by atoms with Gasteiger partial charge in [0, 0.05) is 38.3 Å². The molecular formula is C20H26N4O3S. The number of carbonyl (C=O) groups is 2. The molecule has 1 saturated heterocycles. The van der Waals surface area contributed by atoms with E-state index < -0.39 is 0 Å². The van der Waals surface area contributed by atoms with Crippen LogP contribution < -0.4 is 5.32 Å². The molecule has 1 atom stereocenters. The molecule has 2 heterocycles. The molecule has 1 aromatic carbocycles. The monoisotopic (exact) mass is 402 g/mol. The Morgan fingerprint density at radius 1 is 1.11 bits per heavy atom. The van der Waals surface area contributed by atoms with E-state index >= 15 is 0 Å². The van der Waals surface area contributed by atoms with Crippen molar-refractivity contribution in [3.8, 4) is 5.75 Å². The molecule has 3 amide bonds. The molecule has 7 nitrogen and oxygen atoms in total. The molecule has 0 saturated carbocycles. The summed E-state index contributed by atoms with van der Waals surface area (Å²) in [5.74, 6) is 0.0571. The third-order valence-electron chi connectivity index (χ3n) is 4.97. The van der Waals surface area contributed by atoms with Crippen molar-refractivity contribution < 1.29 is 14.7 Å². The van der Waals surface area contributed by atoms with Gasteiger partial charge < -0.3 is 25.1 Å². The van der Waals surface area contributed by atoms with Crippen LogP contribution in [0.5, 0.6) is 5.75 Å². The molecule has 0 spiro atoms. The minimum atomic E-state index is -0.0983. The van der Waals surface area contributed by atoms with E-state index in [0.717, 1.165) is 0 Å². The number of likely N-dealkylation sites (N-methyl/N-ethyl adjacent to an activating group) is 1. The van der Waals surface area contributed by atoms with Crippen molar-refractivity contribution in [1.29, 1.82) is 0 Å². The van der Waals surface area contributed by atoms with Crippen molar-refractivity contribution >= 4 is 23.3 Å². The number of phenolic OH excluding ortho intramolecular Hbond substituents is 1. The second kappa shape index (κ2) is 9.07. The minimum Gasteiger partial charge on any atom is -0.508 e. The number of hydrogen-bond donors (Lipinski definition) is 2. The summed E-state index contributed by atoms with van der Waals surface area (Å²) in [6, 6.07) is 8.35. The Morgan fingerprint density at radius 3 is 2.32 bits per heavy atom. The number of rotatable bonds is 5. The van der Waals surface area contributed by atoms with Gasteiger partial charge >= 0.3 is 6.03 Å². The van der Waals surface area contributed by atoms with Gasteiger partial charge in [-0.15, -0.1) is 0 Å². The molecule has 1 aliphatic heterocycles. The van der Waals surface area contributed by atoms with Gasteiger partial charge in [-0.1, -0.05) is 0 Å². The zero-order chi connectivity index (χ0) is 20.1. The van der Waals surface area contributed by atoms with E-state index in [1.54, 1.807) is 33.3 Å². The molecule has 2 N–H and O–H groups in total. The normalized spacial score (nSPS) is 15.5. The van der Waals surface area contributed by atoms with E-state index in [1.165, 1.54) is 17.7 Å². The van der Waals surface area contributed by atoms with Gasteiger partial charge in [0.15, 0.2) is 0 Å². The van der Waals surface area contributed by atoms with Crippen LogP contribution in [0.25, 0.3) is 0 Å². The van der Waals surface area contributed by atoms with Crippen molar-refractivity contribution in [2.75, 3.05) is 46.8 Å². The maximum atomic E-state index is 12.5. The van der Waals surface area contributed by atoms with E-state index in [0.29, 0.717) is 38.3 Å². The van der Waals surface area contributed by atoms with Crippen LogP contribution in [0.15, 0.2) is 41.1 Å². The van der Waals surface area contributed by atoms with Gasteiger partial charge in [0.25, 0.3) is 5.91 Å². The molecule has 1 unspecified atom stereocenters. The van der Waals surface area contributed by atoms with Gasteiger partial charge in [-0.25, -0.2) is 4.79 Å². The first-order chi connectivity index (χ1) is 13.5. The van der Waals surface area contributed by atoms with Gasteiger partial charge in [0.05, 0.1) is 6.04 Å². The van der Waals surface area contributed by atoms with Crippen molar-refractivity contribution in [3.63, 3.8) is 0 Å². The lowest BCUT2D eigenvalue weighted by Crippen LogP contribution is -2.53. The fourth-order valence-corrected chi connectivity index (χ4v) is 3.97. The largest absolute Gasteiger partial charge is 0.508 e. The number of piperazine rings is 1. The molecule has 150 valence electrons. The molecule has 1 aliphatic rings. The Balaban J connectivity index is 1.49. The smallest absolute Gasteiger partial charge is 0.317 e. The Labute approximate surface area is 169 Å². The number of phenols is 1. The number of nitrogens with zero attached hydrogens (tertiary/aromatic N) is 3. The predicted octanol–water partition coefficient (Wildman–Crippen LogP) is 2.22. The Bertz CT molecular complexity index is 784.